The Hall–Kier alpha value is -3.10. The maximum atomic E-state index is 12.0. The van der Waals surface area contributed by atoms with E-state index in [1.54, 1.807) is 25.5 Å². The van der Waals surface area contributed by atoms with Crippen LogP contribution in [0.3, 0.4) is 0 Å². The van der Waals surface area contributed by atoms with Gasteiger partial charge in [0.15, 0.2) is 11.7 Å². The number of rotatable bonds is 6. The zero-order valence-electron chi connectivity index (χ0n) is 16.4. The average molecular weight is 385 g/mol. The molecule has 1 aliphatic heterocycles. The first-order chi connectivity index (χ1) is 13.7. The van der Waals surface area contributed by atoms with Gasteiger partial charge in [0.25, 0.3) is 5.91 Å². The molecule has 0 saturated carbocycles. The molecule has 28 heavy (non-hydrogen) atoms. The Morgan fingerprint density at radius 1 is 1.18 bits per heavy atom. The summed E-state index contributed by atoms with van der Waals surface area (Å²) in [4.78, 5) is 29.4. The fourth-order valence-electron chi connectivity index (χ4n) is 3.08. The summed E-state index contributed by atoms with van der Waals surface area (Å²) in [5.74, 6) is 1.85. The van der Waals surface area contributed by atoms with Crippen molar-refractivity contribution in [2.45, 2.75) is 13.3 Å². The highest BCUT2D eigenvalue weighted by atomic mass is 16.3. The van der Waals surface area contributed by atoms with Gasteiger partial charge in [-0.25, -0.2) is 9.97 Å². The van der Waals surface area contributed by atoms with Crippen molar-refractivity contribution < 1.29 is 9.21 Å². The molecule has 0 aromatic carbocycles. The molecule has 1 saturated heterocycles. The summed E-state index contributed by atoms with van der Waals surface area (Å²) in [5.41, 5.74) is 0.844. The number of hydrogen-bond acceptors (Lipinski definition) is 6. The van der Waals surface area contributed by atoms with E-state index in [2.05, 4.69) is 35.4 Å². The summed E-state index contributed by atoms with van der Waals surface area (Å²) in [6.45, 7) is 6.56. The van der Waals surface area contributed by atoms with Gasteiger partial charge in [-0.1, -0.05) is 0 Å². The number of anilines is 1. The van der Waals surface area contributed by atoms with E-state index in [9.17, 15) is 4.79 Å². The van der Waals surface area contributed by atoms with Gasteiger partial charge in [0.05, 0.1) is 6.26 Å². The molecule has 0 radical (unpaired) electrons. The fraction of sp³-hybridized carbons (Fsp3) is 0.474. The van der Waals surface area contributed by atoms with Crippen molar-refractivity contribution in [1.29, 1.82) is 0 Å². The molecule has 1 aliphatic rings. The molecule has 1 fully saturated rings. The van der Waals surface area contributed by atoms with Gasteiger partial charge in [-0.2, -0.15) is 0 Å². The van der Waals surface area contributed by atoms with Crippen molar-refractivity contribution in [3.8, 4) is 0 Å². The number of hydrogen-bond donors (Lipinski definition) is 2. The maximum absolute atomic E-state index is 12.0. The van der Waals surface area contributed by atoms with E-state index in [1.807, 2.05) is 13.0 Å². The van der Waals surface area contributed by atoms with E-state index in [0.29, 0.717) is 12.3 Å². The van der Waals surface area contributed by atoms with E-state index in [0.717, 1.165) is 56.6 Å². The highest BCUT2D eigenvalue weighted by Crippen LogP contribution is 2.10. The van der Waals surface area contributed by atoms with Crippen molar-refractivity contribution in [2.75, 3.05) is 51.2 Å². The largest absolute Gasteiger partial charge is 0.459 e. The predicted octanol–water partition coefficient (Wildman–Crippen LogP) is 0.896. The molecule has 0 unspecified atom stereocenters. The number of aliphatic imine (C=N–C) groups is 1. The normalized spacial score (nSPS) is 14.9. The summed E-state index contributed by atoms with van der Waals surface area (Å²) in [6, 6.07) is 3.61. The maximum Gasteiger partial charge on any atom is 0.287 e. The van der Waals surface area contributed by atoms with Crippen LogP contribution in [-0.2, 0) is 0 Å². The smallest absolute Gasteiger partial charge is 0.287 e. The summed E-state index contributed by atoms with van der Waals surface area (Å²) in [5, 5.41) is 6.24. The number of nitrogens with one attached hydrogen (secondary N) is 2. The summed E-state index contributed by atoms with van der Waals surface area (Å²) >= 11 is 0. The number of piperazine rings is 1. The quantitative estimate of drug-likeness (QED) is 0.433. The van der Waals surface area contributed by atoms with Gasteiger partial charge in [-0.3, -0.25) is 9.79 Å². The molecular formula is C19H27N7O2. The lowest BCUT2D eigenvalue weighted by molar-refractivity contribution is 0.0925. The standard InChI is InChI=1S/C19H27N7O2/c1-15-5-14-28-16(15)17(27)21-6-3-7-22-18(20-2)25-10-12-26(13-11-25)19-23-8-4-9-24-19/h4-5,8-9,14H,3,6-7,10-13H2,1-2H3,(H,20,22)(H,21,27). The van der Waals surface area contributed by atoms with E-state index >= 15 is 0 Å². The number of furan rings is 1. The number of aromatic nitrogens is 2. The first-order valence-corrected chi connectivity index (χ1v) is 9.49. The molecule has 0 spiro atoms. The third kappa shape index (κ3) is 4.99. The molecule has 0 bridgehead atoms. The summed E-state index contributed by atoms with van der Waals surface area (Å²) in [7, 11) is 1.79. The van der Waals surface area contributed by atoms with Crippen LogP contribution in [0, 0.1) is 6.92 Å². The van der Waals surface area contributed by atoms with Gasteiger partial charge < -0.3 is 24.9 Å². The first kappa shape index (κ1) is 19.7. The minimum absolute atomic E-state index is 0.175. The number of amides is 1. The van der Waals surface area contributed by atoms with Crippen LogP contribution >= 0.6 is 0 Å². The number of nitrogens with zero attached hydrogens (tertiary/aromatic N) is 5. The second-order valence-electron chi connectivity index (χ2n) is 6.54. The monoisotopic (exact) mass is 385 g/mol. The SMILES string of the molecule is CN=C(NCCCNC(=O)c1occc1C)N1CCN(c2ncccn2)CC1. The highest BCUT2D eigenvalue weighted by Gasteiger charge is 2.20. The van der Waals surface area contributed by atoms with Gasteiger partial charge in [0, 0.05) is 64.3 Å². The minimum atomic E-state index is -0.175. The van der Waals surface area contributed by atoms with Crippen molar-refractivity contribution in [3.63, 3.8) is 0 Å². The Morgan fingerprint density at radius 2 is 1.89 bits per heavy atom. The number of aryl methyl sites for hydroxylation is 1. The lowest BCUT2D eigenvalue weighted by Gasteiger charge is -2.36. The lowest BCUT2D eigenvalue weighted by atomic mass is 10.2. The zero-order chi connectivity index (χ0) is 19.8. The molecule has 3 heterocycles. The van der Waals surface area contributed by atoms with Gasteiger partial charge in [-0.15, -0.1) is 0 Å². The first-order valence-electron chi connectivity index (χ1n) is 9.49. The summed E-state index contributed by atoms with van der Waals surface area (Å²) in [6.07, 6.45) is 5.85. The van der Waals surface area contributed by atoms with Crippen LogP contribution in [0.4, 0.5) is 5.95 Å². The topological polar surface area (TPSA) is 98.9 Å². The summed E-state index contributed by atoms with van der Waals surface area (Å²) < 4.78 is 5.19. The Balaban J connectivity index is 1.36. The van der Waals surface area contributed by atoms with Gasteiger partial charge in [-0.05, 0) is 25.5 Å². The Morgan fingerprint density at radius 3 is 2.54 bits per heavy atom. The number of carbonyl (C=O) groups excluding carboxylic acids is 1. The molecule has 150 valence electrons. The molecule has 2 N–H and O–H groups in total. The second-order valence-corrected chi connectivity index (χ2v) is 6.54. The van der Waals surface area contributed by atoms with Crippen LogP contribution in [0.2, 0.25) is 0 Å². The van der Waals surface area contributed by atoms with Crippen LogP contribution in [0.15, 0.2) is 40.2 Å². The number of carbonyl (C=O) groups is 1. The predicted molar refractivity (Wildman–Crippen MR) is 108 cm³/mol. The number of guanidine groups is 1. The molecule has 1 amide bonds. The van der Waals surface area contributed by atoms with E-state index in [-0.39, 0.29) is 5.91 Å². The van der Waals surface area contributed by atoms with E-state index in [4.69, 9.17) is 4.42 Å². The van der Waals surface area contributed by atoms with Crippen LogP contribution in [0.1, 0.15) is 22.5 Å². The van der Waals surface area contributed by atoms with Crippen molar-refractivity contribution in [2.24, 2.45) is 4.99 Å². The lowest BCUT2D eigenvalue weighted by Crippen LogP contribution is -2.53. The molecular weight excluding hydrogens is 358 g/mol. The third-order valence-corrected chi connectivity index (χ3v) is 4.62. The van der Waals surface area contributed by atoms with Crippen LogP contribution in [0.5, 0.6) is 0 Å². The minimum Gasteiger partial charge on any atom is -0.459 e. The molecule has 9 nitrogen and oxygen atoms in total. The van der Waals surface area contributed by atoms with E-state index in [1.165, 1.54) is 6.26 Å². The molecule has 3 rings (SSSR count). The Bertz CT molecular complexity index is 783. The molecule has 2 aromatic rings. The molecule has 0 aliphatic carbocycles. The Kier molecular flexibility index (Phi) is 6.83. The Labute approximate surface area is 164 Å². The zero-order valence-corrected chi connectivity index (χ0v) is 16.4. The molecule has 9 heteroatoms. The fourth-order valence-corrected chi connectivity index (χ4v) is 3.08. The van der Waals surface area contributed by atoms with Crippen LogP contribution in [0.25, 0.3) is 0 Å². The van der Waals surface area contributed by atoms with Gasteiger partial charge >= 0.3 is 0 Å². The molecule has 2 aromatic heterocycles. The third-order valence-electron chi connectivity index (χ3n) is 4.62. The van der Waals surface area contributed by atoms with Gasteiger partial charge in [0.2, 0.25) is 5.95 Å². The van der Waals surface area contributed by atoms with Crippen LogP contribution < -0.4 is 15.5 Å². The van der Waals surface area contributed by atoms with Crippen molar-refractivity contribution >= 4 is 17.8 Å². The highest BCUT2D eigenvalue weighted by molar-refractivity contribution is 5.92. The van der Waals surface area contributed by atoms with Crippen LogP contribution in [-0.4, -0.2) is 73.1 Å². The van der Waals surface area contributed by atoms with Crippen molar-refractivity contribution in [1.82, 2.24) is 25.5 Å². The average Bonchev–Trinajstić information content (AvgIpc) is 3.17. The van der Waals surface area contributed by atoms with E-state index < -0.39 is 0 Å². The van der Waals surface area contributed by atoms with Gasteiger partial charge in [0.1, 0.15) is 0 Å². The second kappa shape index (κ2) is 9.72. The van der Waals surface area contributed by atoms with Crippen molar-refractivity contribution in [3.05, 3.63) is 42.1 Å². The molecule has 0 atom stereocenters.